The van der Waals surface area contributed by atoms with Gasteiger partial charge in [0.2, 0.25) is 5.95 Å². The van der Waals surface area contributed by atoms with Crippen LogP contribution < -0.4 is 29.6 Å². The molecule has 210 valence electrons. The van der Waals surface area contributed by atoms with E-state index in [0.29, 0.717) is 40.0 Å². The van der Waals surface area contributed by atoms with E-state index in [1.165, 1.54) is 58.0 Å². The molecule has 2 heterocycles. The second-order valence-corrected chi connectivity index (χ2v) is 8.89. The number of fused-ring (bicyclic) bond motifs is 1. The number of rotatable bonds is 8. The Morgan fingerprint density at radius 1 is 0.951 bits per heavy atom. The summed E-state index contributed by atoms with van der Waals surface area (Å²) < 4.78 is 37.3. The molecule has 1 aliphatic heterocycles. The van der Waals surface area contributed by atoms with Gasteiger partial charge < -0.3 is 29.6 Å². The van der Waals surface area contributed by atoms with Gasteiger partial charge in [-0.3, -0.25) is 4.79 Å². The fraction of sp³-hybridized carbons (Fsp3) is 0.172. The summed E-state index contributed by atoms with van der Waals surface area (Å²) in [5.41, 5.74) is 1.71. The third kappa shape index (κ3) is 5.26. The molecule has 41 heavy (non-hydrogen) atoms. The predicted molar refractivity (Wildman–Crippen MR) is 147 cm³/mol. The van der Waals surface area contributed by atoms with Gasteiger partial charge in [0, 0.05) is 11.8 Å². The van der Waals surface area contributed by atoms with Crippen molar-refractivity contribution in [1.29, 1.82) is 0 Å². The molecule has 4 aromatic rings. The molecule has 1 aromatic heterocycles. The van der Waals surface area contributed by atoms with E-state index in [0.717, 1.165) is 0 Å². The van der Waals surface area contributed by atoms with Gasteiger partial charge in [-0.15, -0.1) is 0 Å². The number of anilines is 2. The molecular weight excluding hydrogens is 533 g/mol. The van der Waals surface area contributed by atoms with E-state index in [1.54, 1.807) is 41.9 Å². The Balaban J connectivity index is 1.50. The number of carbonyl (C=O) groups excluding carboxylic acids is 2. The lowest BCUT2D eigenvalue weighted by atomic mass is 9.94. The monoisotopic (exact) mass is 559 g/mol. The van der Waals surface area contributed by atoms with Gasteiger partial charge in [-0.1, -0.05) is 18.2 Å². The molecule has 11 nitrogen and oxygen atoms in total. The minimum atomic E-state index is -0.876. The largest absolute Gasteiger partial charge is 0.497 e. The number of carbonyl (C=O) groups is 2. The number of hydrogen-bond donors (Lipinski definition) is 2. The Morgan fingerprint density at radius 3 is 2.46 bits per heavy atom. The van der Waals surface area contributed by atoms with Crippen LogP contribution in [0, 0.1) is 5.82 Å². The fourth-order valence-corrected chi connectivity index (χ4v) is 4.50. The van der Waals surface area contributed by atoms with Crippen molar-refractivity contribution in [3.8, 4) is 23.0 Å². The molecule has 12 heteroatoms. The molecule has 0 spiro atoms. The van der Waals surface area contributed by atoms with Crippen LogP contribution in [0.1, 0.15) is 28.9 Å². The van der Waals surface area contributed by atoms with Crippen molar-refractivity contribution in [2.24, 2.45) is 0 Å². The second-order valence-electron chi connectivity index (χ2n) is 8.89. The molecular formula is C29H26FN5O6. The molecule has 0 aliphatic carbocycles. The summed E-state index contributed by atoms with van der Waals surface area (Å²) in [4.78, 5) is 30.7. The Morgan fingerprint density at radius 2 is 1.73 bits per heavy atom. The molecule has 0 saturated heterocycles. The van der Waals surface area contributed by atoms with Gasteiger partial charge in [-0.2, -0.15) is 10.1 Å². The third-order valence-corrected chi connectivity index (χ3v) is 6.50. The molecule has 0 saturated carbocycles. The average molecular weight is 560 g/mol. The number of esters is 1. The molecule has 0 radical (unpaired) electrons. The zero-order valence-corrected chi connectivity index (χ0v) is 22.6. The van der Waals surface area contributed by atoms with Gasteiger partial charge >= 0.3 is 5.97 Å². The first kappa shape index (κ1) is 27.2. The van der Waals surface area contributed by atoms with Gasteiger partial charge in [0.25, 0.3) is 5.91 Å². The lowest BCUT2D eigenvalue weighted by Gasteiger charge is -2.29. The first-order chi connectivity index (χ1) is 19.8. The van der Waals surface area contributed by atoms with Gasteiger partial charge in [-0.05, 0) is 48.9 Å². The summed E-state index contributed by atoms with van der Waals surface area (Å²) in [5, 5.41) is 10.4. The lowest BCUT2D eigenvalue weighted by Crippen LogP contribution is -2.31. The first-order valence-electron chi connectivity index (χ1n) is 12.4. The van der Waals surface area contributed by atoms with Gasteiger partial charge in [0.15, 0.2) is 11.5 Å². The van der Waals surface area contributed by atoms with Crippen LogP contribution in [0.3, 0.4) is 0 Å². The number of benzene rings is 3. The number of hydrogen-bond acceptors (Lipinski definition) is 9. The summed E-state index contributed by atoms with van der Waals surface area (Å²) in [6.45, 7) is 1.76. The average Bonchev–Trinajstić information content (AvgIpc) is 3.45. The van der Waals surface area contributed by atoms with E-state index in [1.807, 2.05) is 0 Å². The Kier molecular flexibility index (Phi) is 7.55. The van der Waals surface area contributed by atoms with Crippen molar-refractivity contribution in [3.05, 3.63) is 95.2 Å². The highest BCUT2D eigenvalue weighted by Crippen LogP contribution is 2.39. The van der Waals surface area contributed by atoms with Crippen molar-refractivity contribution in [3.63, 3.8) is 0 Å². The first-order valence-corrected chi connectivity index (χ1v) is 12.4. The fourth-order valence-electron chi connectivity index (χ4n) is 4.50. The topological polar surface area (TPSA) is 126 Å². The van der Waals surface area contributed by atoms with Crippen LogP contribution in [-0.4, -0.2) is 48.0 Å². The van der Waals surface area contributed by atoms with E-state index < -0.39 is 23.7 Å². The van der Waals surface area contributed by atoms with Gasteiger partial charge in [0.05, 0.1) is 38.2 Å². The molecule has 1 atom stereocenters. The number of ether oxygens (including phenoxy) is 4. The van der Waals surface area contributed by atoms with E-state index in [-0.39, 0.29) is 17.1 Å². The number of nitrogens with zero attached hydrogens (tertiary/aromatic N) is 3. The Labute approximate surface area is 234 Å². The number of amides is 1. The number of allylic oxidation sites excluding steroid dienone is 1. The number of halogens is 1. The molecule has 0 fully saturated rings. The Bertz CT molecular complexity index is 1670. The third-order valence-electron chi connectivity index (χ3n) is 6.50. The highest BCUT2D eigenvalue weighted by atomic mass is 19.1. The zero-order valence-electron chi connectivity index (χ0n) is 22.6. The molecule has 0 unspecified atom stereocenters. The summed E-state index contributed by atoms with van der Waals surface area (Å²) in [6.07, 6.45) is 1.37. The highest BCUT2D eigenvalue weighted by Gasteiger charge is 2.34. The molecule has 3 aromatic carbocycles. The van der Waals surface area contributed by atoms with Crippen molar-refractivity contribution in [2.75, 3.05) is 32.0 Å². The Hall–Kier alpha value is -5.39. The number of aromatic nitrogens is 3. The molecule has 0 bridgehead atoms. The van der Waals surface area contributed by atoms with Crippen LogP contribution in [0.5, 0.6) is 23.0 Å². The summed E-state index contributed by atoms with van der Waals surface area (Å²) in [5.74, 6) is -0.305. The van der Waals surface area contributed by atoms with Crippen LogP contribution in [0.4, 0.5) is 16.0 Å². The maximum Gasteiger partial charge on any atom is 0.346 e. The minimum absolute atomic E-state index is 0.0759. The highest BCUT2D eigenvalue weighted by molar-refractivity contribution is 6.06. The van der Waals surface area contributed by atoms with Crippen LogP contribution in [0.2, 0.25) is 0 Å². The SMILES string of the molecule is COc1ccc(NC(=O)C2=C(C)Nc3ncnn3[C@@H]2c2ccc(OC(=O)c3ccccc3F)c(OC)c2)c(OC)c1. The van der Waals surface area contributed by atoms with E-state index in [2.05, 4.69) is 20.7 Å². The van der Waals surface area contributed by atoms with Crippen LogP contribution in [0.25, 0.3) is 0 Å². The van der Waals surface area contributed by atoms with E-state index in [9.17, 15) is 14.0 Å². The van der Waals surface area contributed by atoms with E-state index in [4.69, 9.17) is 18.9 Å². The second kappa shape index (κ2) is 11.4. The van der Waals surface area contributed by atoms with Crippen LogP contribution in [-0.2, 0) is 4.79 Å². The zero-order chi connectivity index (χ0) is 29.1. The van der Waals surface area contributed by atoms with Crippen molar-refractivity contribution in [2.45, 2.75) is 13.0 Å². The van der Waals surface area contributed by atoms with Gasteiger partial charge in [-0.25, -0.2) is 13.9 Å². The standard InChI is InChI=1S/C29H26FN5O6/c1-16-25(27(36)34-21-11-10-18(38-2)14-23(21)39-3)26(35-29(33-16)31-15-32-35)17-9-12-22(24(13-17)40-4)41-28(37)19-7-5-6-8-20(19)30/h5-15,26H,1-4H3,(H,34,36)(H,31,32,33)/t26-/m1/s1. The molecule has 1 aliphatic rings. The summed E-state index contributed by atoms with van der Waals surface area (Å²) in [7, 11) is 4.44. The molecule has 1 amide bonds. The van der Waals surface area contributed by atoms with Gasteiger partial charge in [0.1, 0.15) is 29.7 Å². The number of nitrogens with one attached hydrogen (secondary N) is 2. The maximum absolute atomic E-state index is 14.1. The van der Waals surface area contributed by atoms with Crippen molar-refractivity contribution >= 4 is 23.5 Å². The smallest absolute Gasteiger partial charge is 0.346 e. The molecule has 5 rings (SSSR count). The van der Waals surface area contributed by atoms with E-state index >= 15 is 0 Å². The lowest BCUT2D eigenvalue weighted by molar-refractivity contribution is -0.113. The normalized spacial score (nSPS) is 14.0. The van der Waals surface area contributed by atoms with Crippen LogP contribution in [0.15, 0.2) is 78.3 Å². The maximum atomic E-state index is 14.1. The van der Waals surface area contributed by atoms with Crippen molar-refractivity contribution in [1.82, 2.24) is 14.8 Å². The number of methoxy groups -OCH3 is 3. The molecule has 2 N–H and O–H groups in total. The minimum Gasteiger partial charge on any atom is -0.497 e. The summed E-state index contributed by atoms with van der Waals surface area (Å²) >= 11 is 0. The predicted octanol–water partition coefficient (Wildman–Crippen LogP) is 4.59. The van der Waals surface area contributed by atoms with Crippen molar-refractivity contribution < 1.29 is 32.9 Å². The summed E-state index contributed by atoms with van der Waals surface area (Å²) in [6, 6.07) is 14.6. The van der Waals surface area contributed by atoms with Crippen LogP contribution >= 0.6 is 0 Å². The quantitative estimate of drug-likeness (QED) is 0.235.